The third-order valence-electron chi connectivity index (χ3n) is 4.49. The minimum atomic E-state index is -3.36. The van der Waals surface area contributed by atoms with E-state index >= 15 is 0 Å². The number of rotatable bonds is 8. The van der Waals surface area contributed by atoms with Gasteiger partial charge in [0, 0.05) is 17.2 Å². The number of anilines is 1. The minimum absolute atomic E-state index is 0.209. The maximum absolute atomic E-state index is 12.8. The van der Waals surface area contributed by atoms with Crippen LogP contribution in [0.1, 0.15) is 12.5 Å². The SMILES string of the molecule is CCOc1ccc(/C=C/C(=O)OCC(=O)N(c2ccccc2)C2C=CS(=O)(=O)C2)cc1. The molecule has 8 heteroatoms. The third-order valence-corrected chi connectivity index (χ3v) is 5.86. The first kappa shape index (κ1) is 22.3. The van der Waals surface area contributed by atoms with Gasteiger partial charge in [-0.25, -0.2) is 13.2 Å². The monoisotopic (exact) mass is 441 g/mol. The molecule has 2 aromatic carbocycles. The topological polar surface area (TPSA) is 90.0 Å². The molecule has 1 atom stereocenters. The van der Waals surface area contributed by atoms with Crippen LogP contribution in [0.2, 0.25) is 0 Å². The van der Waals surface area contributed by atoms with E-state index in [9.17, 15) is 18.0 Å². The summed E-state index contributed by atoms with van der Waals surface area (Å²) < 4.78 is 34.1. The normalized spacial score (nSPS) is 16.9. The number of carbonyl (C=O) groups excluding carboxylic acids is 2. The van der Waals surface area contributed by atoms with Gasteiger partial charge in [-0.1, -0.05) is 30.3 Å². The van der Waals surface area contributed by atoms with Crippen molar-refractivity contribution in [3.8, 4) is 5.75 Å². The molecular weight excluding hydrogens is 418 g/mol. The summed E-state index contributed by atoms with van der Waals surface area (Å²) in [4.78, 5) is 26.2. The van der Waals surface area contributed by atoms with E-state index in [0.29, 0.717) is 12.3 Å². The van der Waals surface area contributed by atoms with Crippen molar-refractivity contribution in [1.29, 1.82) is 0 Å². The first-order chi connectivity index (χ1) is 14.9. The van der Waals surface area contributed by atoms with Gasteiger partial charge in [0.05, 0.1) is 18.4 Å². The highest BCUT2D eigenvalue weighted by molar-refractivity contribution is 7.94. The van der Waals surface area contributed by atoms with Crippen molar-refractivity contribution in [2.24, 2.45) is 0 Å². The van der Waals surface area contributed by atoms with Crippen LogP contribution in [-0.2, 0) is 24.2 Å². The third kappa shape index (κ3) is 6.29. The van der Waals surface area contributed by atoms with Crippen LogP contribution in [0.25, 0.3) is 6.08 Å². The van der Waals surface area contributed by atoms with E-state index in [4.69, 9.17) is 9.47 Å². The zero-order valence-electron chi connectivity index (χ0n) is 17.0. The molecule has 1 heterocycles. The molecule has 0 fully saturated rings. The first-order valence-corrected chi connectivity index (χ1v) is 11.5. The van der Waals surface area contributed by atoms with Gasteiger partial charge < -0.3 is 14.4 Å². The zero-order chi connectivity index (χ0) is 22.3. The lowest BCUT2D eigenvalue weighted by atomic mass is 10.2. The van der Waals surface area contributed by atoms with Gasteiger partial charge in [0.2, 0.25) is 0 Å². The van der Waals surface area contributed by atoms with E-state index in [1.165, 1.54) is 17.1 Å². The predicted octanol–water partition coefficient (Wildman–Crippen LogP) is 2.99. The van der Waals surface area contributed by atoms with Crippen LogP contribution in [0.15, 0.2) is 72.2 Å². The number of ether oxygens (including phenoxy) is 2. The Kier molecular flexibility index (Phi) is 7.25. The molecule has 2 aromatic rings. The largest absolute Gasteiger partial charge is 0.494 e. The second kappa shape index (κ2) is 10.1. The lowest BCUT2D eigenvalue weighted by Gasteiger charge is -2.27. The fourth-order valence-corrected chi connectivity index (χ4v) is 4.35. The Bertz CT molecular complexity index is 1070. The standard InChI is InChI=1S/C23H23NO6S/c1-2-29-21-11-8-18(9-12-21)10-13-23(26)30-16-22(25)24(19-6-4-3-5-7-19)20-14-15-31(27,28)17-20/h3-15,20H,2,16-17H2,1H3/b13-10+. The molecule has 0 bridgehead atoms. The summed E-state index contributed by atoms with van der Waals surface area (Å²) in [7, 11) is -3.36. The molecule has 0 saturated heterocycles. The number of hydrogen-bond acceptors (Lipinski definition) is 6. The second-order valence-corrected chi connectivity index (χ2v) is 8.70. The number of nitrogens with zero attached hydrogens (tertiary/aromatic N) is 1. The van der Waals surface area contributed by atoms with Crippen molar-refractivity contribution < 1.29 is 27.5 Å². The summed E-state index contributed by atoms with van der Waals surface area (Å²) in [6.07, 6.45) is 4.27. The van der Waals surface area contributed by atoms with Crippen LogP contribution in [-0.4, -0.2) is 45.3 Å². The molecule has 0 N–H and O–H groups in total. The van der Waals surface area contributed by atoms with E-state index in [0.717, 1.165) is 16.7 Å². The summed E-state index contributed by atoms with van der Waals surface area (Å²) >= 11 is 0. The highest BCUT2D eigenvalue weighted by Crippen LogP contribution is 2.23. The van der Waals surface area contributed by atoms with E-state index < -0.39 is 34.4 Å². The Hall–Kier alpha value is -3.39. The Balaban J connectivity index is 1.62. The molecule has 7 nitrogen and oxygen atoms in total. The highest BCUT2D eigenvalue weighted by Gasteiger charge is 2.31. The average molecular weight is 442 g/mol. The molecule has 0 spiro atoms. The van der Waals surface area contributed by atoms with Crippen molar-refractivity contribution >= 4 is 33.5 Å². The number of para-hydroxylation sites is 1. The predicted molar refractivity (Wildman–Crippen MR) is 118 cm³/mol. The van der Waals surface area contributed by atoms with Crippen LogP contribution in [0.4, 0.5) is 5.69 Å². The van der Waals surface area contributed by atoms with Crippen molar-refractivity contribution in [2.45, 2.75) is 13.0 Å². The molecule has 3 rings (SSSR count). The van der Waals surface area contributed by atoms with E-state index in [-0.39, 0.29) is 5.75 Å². The molecule has 0 aromatic heterocycles. The summed E-state index contributed by atoms with van der Waals surface area (Å²) in [5.74, 6) is -0.665. The van der Waals surface area contributed by atoms with Crippen LogP contribution in [0.5, 0.6) is 5.75 Å². The van der Waals surface area contributed by atoms with Crippen LogP contribution in [0, 0.1) is 0 Å². The van der Waals surface area contributed by atoms with Crippen LogP contribution < -0.4 is 9.64 Å². The molecule has 0 aliphatic carbocycles. The number of sulfone groups is 1. The average Bonchev–Trinajstić information content (AvgIpc) is 3.12. The number of hydrogen-bond donors (Lipinski definition) is 0. The zero-order valence-corrected chi connectivity index (χ0v) is 17.8. The Morgan fingerprint density at radius 1 is 1.10 bits per heavy atom. The van der Waals surface area contributed by atoms with Gasteiger partial charge in [0.1, 0.15) is 5.75 Å². The first-order valence-electron chi connectivity index (χ1n) is 9.74. The second-order valence-electron chi connectivity index (χ2n) is 6.77. The van der Waals surface area contributed by atoms with Gasteiger partial charge in [0.25, 0.3) is 5.91 Å². The van der Waals surface area contributed by atoms with Gasteiger partial charge in [0.15, 0.2) is 16.4 Å². The molecule has 1 aliphatic rings. The van der Waals surface area contributed by atoms with Gasteiger partial charge in [-0.3, -0.25) is 4.79 Å². The molecule has 162 valence electrons. The number of amides is 1. The van der Waals surface area contributed by atoms with Gasteiger partial charge in [-0.15, -0.1) is 0 Å². The van der Waals surface area contributed by atoms with E-state index in [2.05, 4.69) is 0 Å². The molecule has 1 aliphatic heterocycles. The van der Waals surface area contributed by atoms with Gasteiger partial charge in [-0.2, -0.15) is 0 Å². The van der Waals surface area contributed by atoms with Crippen molar-refractivity contribution in [1.82, 2.24) is 0 Å². The summed E-state index contributed by atoms with van der Waals surface area (Å²) in [6, 6.07) is 15.2. The Morgan fingerprint density at radius 2 is 1.81 bits per heavy atom. The van der Waals surface area contributed by atoms with E-state index in [1.807, 2.05) is 6.92 Å². The fraction of sp³-hybridized carbons (Fsp3) is 0.217. The molecule has 31 heavy (non-hydrogen) atoms. The van der Waals surface area contributed by atoms with Crippen LogP contribution >= 0.6 is 0 Å². The summed E-state index contributed by atoms with van der Waals surface area (Å²) in [5, 5.41) is 1.10. The molecular formula is C23H23NO6S. The number of benzene rings is 2. The van der Waals surface area contributed by atoms with Crippen molar-refractivity contribution in [2.75, 3.05) is 23.9 Å². The molecule has 1 unspecified atom stereocenters. The maximum atomic E-state index is 12.8. The quantitative estimate of drug-likeness (QED) is 0.462. The summed E-state index contributed by atoms with van der Waals surface area (Å²) in [5.41, 5.74) is 1.30. The molecule has 1 amide bonds. The van der Waals surface area contributed by atoms with E-state index in [1.54, 1.807) is 60.7 Å². The van der Waals surface area contributed by atoms with Crippen LogP contribution in [0.3, 0.4) is 0 Å². The maximum Gasteiger partial charge on any atom is 0.331 e. The van der Waals surface area contributed by atoms with Crippen molar-refractivity contribution in [3.05, 3.63) is 77.7 Å². The Morgan fingerprint density at radius 3 is 2.42 bits per heavy atom. The number of esters is 1. The Labute approximate surface area is 181 Å². The highest BCUT2D eigenvalue weighted by atomic mass is 32.2. The number of carbonyl (C=O) groups is 2. The molecule has 0 radical (unpaired) electrons. The lowest BCUT2D eigenvalue weighted by molar-refractivity contribution is -0.143. The smallest absolute Gasteiger partial charge is 0.331 e. The minimum Gasteiger partial charge on any atom is -0.494 e. The fourth-order valence-electron chi connectivity index (χ4n) is 3.09. The van der Waals surface area contributed by atoms with Gasteiger partial charge in [-0.05, 0) is 48.9 Å². The lowest BCUT2D eigenvalue weighted by Crippen LogP contribution is -2.43. The molecule has 0 saturated carbocycles. The summed E-state index contributed by atoms with van der Waals surface area (Å²) in [6.45, 7) is 1.95. The van der Waals surface area contributed by atoms with Gasteiger partial charge >= 0.3 is 5.97 Å². The van der Waals surface area contributed by atoms with Crippen molar-refractivity contribution in [3.63, 3.8) is 0 Å².